The number of nitrogens with one attached hydrogen (secondary N) is 2. The van der Waals surface area contributed by atoms with Gasteiger partial charge in [-0.05, 0) is 24.3 Å². The number of amides is 2. The van der Waals surface area contributed by atoms with Gasteiger partial charge in [0.05, 0.1) is 25.3 Å². The lowest BCUT2D eigenvalue weighted by atomic mass is 10.1. The third-order valence-electron chi connectivity index (χ3n) is 3.51. The van der Waals surface area contributed by atoms with E-state index in [0.717, 1.165) is 0 Å². The zero-order chi connectivity index (χ0) is 16.1. The molecule has 1 aliphatic heterocycles. The maximum atomic E-state index is 12.1. The van der Waals surface area contributed by atoms with Crippen molar-refractivity contribution >= 4 is 11.8 Å². The fraction of sp³-hybridized carbons (Fsp3) is 0.250. The van der Waals surface area contributed by atoms with E-state index in [1.807, 2.05) is 0 Å². The molecule has 2 atom stereocenters. The van der Waals surface area contributed by atoms with Crippen molar-refractivity contribution in [2.24, 2.45) is 0 Å². The minimum atomic E-state index is -0.308. The van der Waals surface area contributed by atoms with Gasteiger partial charge < -0.3 is 15.4 Å². The summed E-state index contributed by atoms with van der Waals surface area (Å²) >= 11 is 0. The number of carbonyl (C=O) groups is 2. The molecule has 0 aliphatic carbocycles. The van der Waals surface area contributed by atoms with Gasteiger partial charge in [-0.2, -0.15) is 0 Å². The Hall–Kier alpha value is -2.80. The molecule has 118 valence electrons. The van der Waals surface area contributed by atoms with Gasteiger partial charge >= 0.3 is 0 Å². The molecule has 23 heavy (non-hydrogen) atoms. The zero-order valence-electron chi connectivity index (χ0n) is 12.3. The molecule has 3 heterocycles. The highest BCUT2D eigenvalue weighted by molar-refractivity contribution is 5.93. The van der Waals surface area contributed by atoms with Crippen LogP contribution in [0.2, 0.25) is 0 Å². The van der Waals surface area contributed by atoms with Crippen LogP contribution >= 0.6 is 0 Å². The molecule has 1 aliphatic rings. The Bertz CT molecular complexity index is 619. The third kappa shape index (κ3) is 3.70. The second kappa shape index (κ2) is 6.97. The summed E-state index contributed by atoms with van der Waals surface area (Å²) in [4.78, 5) is 32.3. The molecule has 0 bridgehead atoms. The number of hydrogen-bond donors (Lipinski definition) is 2. The number of aromatic nitrogens is 2. The summed E-state index contributed by atoms with van der Waals surface area (Å²) < 4.78 is 5.37. The summed E-state index contributed by atoms with van der Waals surface area (Å²) in [6, 6.07) is 9.62. The normalized spacial score (nSPS) is 20.0. The summed E-state index contributed by atoms with van der Waals surface area (Å²) in [6.07, 6.45) is 3.11. The zero-order valence-corrected chi connectivity index (χ0v) is 12.3. The molecule has 2 N–H and O–H groups in total. The predicted molar refractivity (Wildman–Crippen MR) is 81.8 cm³/mol. The van der Waals surface area contributed by atoms with Gasteiger partial charge in [0.25, 0.3) is 11.8 Å². The van der Waals surface area contributed by atoms with Crippen molar-refractivity contribution in [3.63, 3.8) is 0 Å². The summed E-state index contributed by atoms with van der Waals surface area (Å²) in [5, 5.41) is 5.68. The lowest BCUT2D eigenvalue weighted by Gasteiger charge is -2.20. The molecule has 2 amide bonds. The van der Waals surface area contributed by atoms with Gasteiger partial charge in [-0.15, -0.1) is 0 Å². The standard InChI is InChI=1S/C16H16N4O3/c21-15(11-5-1-3-7-17-11)19-13-9-23-10-14(13)20-16(22)12-6-2-4-8-18-12/h1-8,13-14H,9-10H2,(H,19,21)(H,20,22)/t13-,14+. The molecule has 1 saturated heterocycles. The van der Waals surface area contributed by atoms with E-state index in [0.29, 0.717) is 24.6 Å². The molecule has 0 spiro atoms. The van der Waals surface area contributed by atoms with Crippen LogP contribution in [0.4, 0.5) is 0 Å². The summed E-state index contributed by atoms with van der Waals surface area (Å²) in [6.45, 7) is 0.678. The number of hydrogen-bond acceptors (Lipinski definition) is 5. The SMILES string of the molecule is O=C(N[C@H]1COC[C@H]1NC(=O)c1ccccn1)c1ccccn1. The van der Waals surface area contributed by atoms with Crippen molar-refractivity contribution in [3.8, 4) is 0 Å². The quantitative estimate of drug-likeness (QED) is 0.852. The summed E-state index contributed by atoms with van der Waals surface area (Å²) in [7, 11) is 0. The van der Waals surface area contributed by atoms with Crippen LogP contribution in [-0.4, -0.2) is 47.1 Å². The van der Waals surface area contributed by atoms with Crippen LogP contribution in [0.15, 0.2) is 48.8 Å². The Labute approximate surface area is 133 Å². The lowest BCUT2D eigenvalue weighted by Crippen LogP contribution is -2.51. The van der Waals surface area contributed by atoms with E-state index in [-0.39, 0.29) is 23.9 Å². The molecule has 0 radical (unpaired) electrons. The minimum absolute atomic E-state index is 0.293. The predicted octanol–water partition coefficient (Wildman–Crippen LogP) is 0.404. The first kappa shape index (κ1) is 15.1. The van der Waals surface area contributed by atoms with Crippen LogP contribution in [0.1, 0.15) is 21.0 Å². The lowest BCUT2D eigenvalue weighted by molar-refractivity contribution is 0.0891. The van der Waals surface area contributed by atoms with Crippen molar-refractivity contribution < 1.29 is 14.3 Å². The van der Waals surface area contributed by atoms with Gasteiger partial charge in [-0.3, -0.25) is 19.6 Å². The number of ether oxygens (including phenoxy) is 1. The number of nitrogens with zero attached hydrogens (tertiary/aromatic N) is 2. The minimum Gasteiger partial charge on any atom is -0.377 e. The topological polar surface area (TPSA) is 93.2 Å². The van der Waals surface area contributed by atoms with E-state index in [2.05, 4.69) is 20.6 Å². The number of rotatable bonds is 4. The van der Waals surface area contributed by atoms with Crippen LogP contribution in [0.25, 0.3) is 0 Å². The molecule has 0 aromatic carbocycles. The monoisotopic (exact) mass is 312 g/mol. The smallest absolute Gasteiger partial charge is 0.270 e. The Balaban J connectivity index is 1.62. The number of carbonyl (C=O) groups excluding carboxylic acids is 2. The van der Waals surface area contributed by atoms with Gasteiger partial charge in [0.1, 0.15) is 11.4 Å². The summed E-state index contributed by atoms with van der Waals surface area (Å²) in [5.41, 5.74) is 0.656. The van der Waals surface area contributed by atoms with Gasteiger partial charge in [-0.25, -0.2) is 0 Å². The third-order valence-corrected chi connectivity index (χ3v) is 3.51. The molecule has 0 saturated carbocycles. The van der Waals surface area contributed by atoms with Gasteiger partial charge in [0, 0.05) is 12.4 Å². The maximum Gasteiger partial charge on any atom is 0.270 e. The van der Waals surface area contributed by atoms with Crippen molar-refractivity contribution in [1.82, 2.24) is 20.6 Å². The van der Waals surface area contributed by atoms with Gasteiger partial charge in [-0.1, -0.05) is 12.1 Å². The first-order valence-corrected chi connectivity index (χ1v) is 7.25. The highest BCUT2D eigenvalue weighted by Crippen LogP contribution is 2.08. The van der Waals surface area contributed by atoms with Crippen LogP contribution < -0.4 is 10.6 Å². The fourth-order valence-corrected chi connectivity index (χ4v) is 2.32. The average molecular weight is 312 g/mol. The largest absolute Gasteiger partial charge is 0.377 e. The Morgan fingerprint density at radius 3 is 1.74 bits per heavy atom. The van der Waals surface area contributed by atoms with Crippen molar-refractivity contribution in [2.45, 2.75) is 12.1 Å². The molecule has 1 fully saturated rings. The van der Waals surface area contributed by atoms with E-state index in [1.165, 1.54) is 0 Å². The Morgan fingerprint density at radius 1 is 0.870 bits per heavy atom. The molecule has 3 rings (SSSR count). The molecule has 7 nitrogen and oxygen atoms in total. The summed E-state index contributed by atoms with van der Waals surface area (Å²) in [5.74, 6) is -0.587. The van der Waals surface area contributed by atoms with Crippen molar-refractivity contribution in [1.29, 1.82) is 0 Å². The highest BCUT2D eigenvalue weighted by Gasteiger charge is 2.31. The average Bonchev–Trinajstić information content (AvgIpc) is 3.03. The highest BCUT2D eigenvalue weighted by atomic mass is 16.5. The number of pyridine rings is 2. The molecule has 0 unspecified atom stereocenters. The Kier molecular flexibility index (Phi) is 4.58. The van der Waals surface area contributed by atoms with Crippen LogP contribution in [0.5, 0.6) is 0 Å². The first-order valence-electron chi connectivity index (χ1n) is 7.25. The van der Waals surface area contributed by atoms with Gasteiger partial charge in [0.15, 0.2) is 0 Å². The van der Waals surface area contributed by atoms with E-state index in [9.17, 15) is 9.59 Å². The van der Waals surface area contributed by atoms with E-state index in [4.69, 9.17) is 4.74 Å². The van der Waals surface area contributed by atoms with E-state index < -0.39 is 0 Å². The van der Waals surface area contributed by atoms with E-state index in [1.54, 1.807) is 48.8 Å². The van der Waals surface area contributed by atoms with Crippen LogP contribution in [-0.2, 0) is 4.74 Å². The van der Waals surface area contributed by atoms with Crippen molar-refractivity contribution in [3.05, 3.63) is 60.2 Å². The van der Waals surface area contributed by atoms with Crippen molar-refractivity contribution in [2.75, 3.05) is 13.2 Å². The van der Waals surface area contributed by atoms with Crippen LogP contribution in [0, 0.1) is 0 Å². The second-order valence-corrected chi connectivity index (χ2v) is 5.13. The molecule has 2 aromatic rings. The van der Waals surface area contributed by atoms with Crippen LogP contribution in [0.3, 0.4) is 0 Å². The Morgan fingerprint density at radius 2 is 1.35 bits per heavy atom. The molecular weight excluding hydrogens is 296 g/mol. The molecular formula is C16H16N4O3. The second-order valence-electron chi connectivity index (χ2n) is 5.13. The first-order chi connectivity index (χ1) is 11.2. The maximum absolute atomic E-state index is 12.1. The molecule has 2 aromatic heterocycles. The van der Waals surface area contributed by atoms with E-state index >= 15 is 0 Å². The molecule has 7 heteroatoms. The van der Waals surface area contributed by atoms with Gasteiger partial charge in [0.2, 0.25) is 0 Å². The fourth-order valence-electron chi connectivity index (χ4n) is 2.32.